The van der Waals surface area contributed by atoms with Gasteiger partial charge >= 0.3 is 0 Å². The maximum Gasteiger partial charge on any atom is 0.261 e. The Hall–Kier alpha value is -2.89. The van der Waals surface area contributed by atoms with E-state index in [1.807, 2.05) is 0 Å². The second kappa shape index (κ2) is 5.48. The first kappa shape index (κ1) is 14.1. The lowest BCUT2D eigenvalue weighted by Gasteiger charge is -2.15. The Labute approximate surface area is 125 Å². The third-order valence-corrected chi connectivity index (χ3v) is 3.65. The van der Waals surface area contributed by atoms with Crippen molar-refractivity contribution in [1.82, 2.24) is 4.98 Å². The lowest BCUT2D eigenvalue weighted by atomic mass is 9.93. The van der Waals surface area contributed by atoms with Gasteiger partial charge in [0.15, 0.2) is 5.78 Å². The second-order valence-corrected chi connectivity index (χ2v) is 5.15. The molecule has 0 atom stereocenters. The molecular weight excluding hydrogens is 284 g/mol. The smallest absolute Gasteiger partial charge is 0.261 e. The van der Waals surface area contributed by atoms with Gasteiger partial charge in [-0.3, -0.25) is 14.4 Å². The molecule has 6 nitrogen and oxygen atoms in total. The van der Waals surface area contributed by atoms with Gasteiger partial charge in [-0.05, 0) is 31.0 Å². The number of nitrogens with one attached hydrogen (secondary N) is 2. The van der Waals surface area contributed by atoms with Crippen LogP contribution in [0, 0.1) is 0 Å². The molecule has 22 heavy (non-hydrogen) atoms. The van der Waals surface area contributed by atoms with Gasteiger partial charge < -0.3 is 15.4 Å². The van der Waals surface area contributed by atoms with Crippen LogP contribution in [0.2, 0.25) is 0 Å². The summed E-state index contributed by atoms with van der Waals surface area (Å²) in [5.74, 6) is -0.834. The molecular formula is C16H14N2O4. The van der Waals surface area contributed by atoms with E-state index in [1.54, 1.807) is 12.1 Å². The van der Waals surface area contributed by atoms with E-state index in [4.69, 9.17) is 0 Å². The van der Waals surface area contributed by atoms with Gasteiger partial charge in [-0.15, -0.1) is 0 Å². The number of benzene rings is 1. The number of Topliss-reactive ketones (excluding diaryl/α,β-unsaturated/α-hetero) is 1. The fourth-order valence-corrected chi connectivity index (χ4v) is 2.51. The first-order valence-corrected chi connectivity index (χ1v) is 6.95. The molecule has 0 fully saturated rings. The van der Waals surface area contributed by atoms with Gasteiger partial charge in [-0.1, -0.05) is 12.1 Å². The summed E-state index contributed by atoms with van der Waals surface area (Å²) in [7, 11) is 0. The number of carbonyl (C=O) groups is 2. The third kappa shape index (κ3) is 2.50. The van der Waals surface area contributed by atoms with Crippen molar-refractivity contribution >= 4 is 17.4 Å². The number of fused-ring (bicyclic) bond motifs is 1. The van der Waals surface area contributed by atoms with Gasteiger partial charge in [0.1, 0.15) is 11.3 Å². The highest BCUT2D eigenvalue weighted by atomic mass is 16.3. The Morgan fingerprint density at radius 3 is 2.73 bits per heavy atom. The number of ketones is 1. The molecule has 0 saturated carbocycles. The number of aromatic nitrogens is 1. The van der Waals surface area contributed by atoms with Crippen LogP contribution in [-0.4, -0.2) is 21.8 Å². The lowest BCUT2D eigenvalue weighted by molar-refractivity contribution is 0.0971. The fraction of sp³-hybridized carbons (Fsp3) is 0.188. The van der Waals surface area contributed by atoms with Crippen molar-refractivity contribution in [2.75, 3.05) is 5.32 Å². The molecule has 0 saturated heterocycles. The zero-order valence-corrected chi connectivity index (χ0v) is 11.7. The summed E-state index contributed by atoms with van der Waals surface area (Å²) in [5.41, 5.74) is 0.503. The lowest BCUT2D eigenvalue weighted by Crippen LogP contribution is -2.27. The summed E-state index contributed by atoms with van der Waals surface area (Å²) in [6.07, 6.45) is 1.74. The fourth-order valence-electron chi connectivity index (χ4n) is 2.51. The van der Waals surface area contributed by atoms with Gasteiger partial charge in [0.25, 0.3) is 11.5 Å². The van der Waals surface area contributed by atoms with Crippen molar-refractivity contribution in [3.63, 3.8) is 0 Å². The number of phenolic OH excluding ortho intramolecular Hbond substituents is 1. The molecule has 0 radical (unpaired) electrons. The number of amides is 1. The number of hydrogen-bond donors (Lipinski definition) is 3. The molecule has 1 amide bonds. The Morgan fingerprint density at radius 2 is 1.95 bits per heavy atom. The SMILES string of the molecule is O=C1CCCc2[nH]c(=O)c(C(=O)Nc3ccccc3O)cc21. The number of H-pyrrole nitrogens is 1. The highest BCUT2D eigenvalue weighted by Gasteiger charge is 2.22. The van der Waals surface area contributed by atoms with Gasteiger partial charge in [-0.25, -0.2) is 0 Å². The van der Waals surface area contributed by atoms with E-state index in [2.05, 4.69) is 10.3 Å². The normalized spacial score (nSPS) is 13.5. The number of aromatic hydroxyl groups is 1. The number of anilines is 1. The monoisotopic (exact) mass is 298 g/mol. The maximum absolute atomic E-state index is 12.2. The van der Waals surface area contributed by atoms with E-state index in [-0.39, 0.29) is 22.8 Å². The summed E-state index contributed by atoms with van der Waals surface area (Å²) in [6.45, 7) is 0. The van der Waals surface area contributed by atoms with Crippen molar-refractivity contribution in [3.8, 4) is 5.75 Å². The first-order valence-electron chi connectivity index (χ1n) is 6.95. The van der Waals surface area contributed by atoms with Gasteiger partial charge in [-0.2, -0.15) is 0 Å². The minimum absolute atomic E-state index is 0.0749. The number of aryl methyl sites for hydroxylation is 1. The predicted octanol–water partition coefficient (Wildman–Crippen LogP) is 1.85. The van der Waals surface area contributed by atoms with Crippen molar-refractivity contribution in [2.24, 2.45) is 0 Å². The Bertz CT molecular complexity index is 823. The molecule has 1 aromatic carbocycles. The molecule has 0 bridgehead atoms. The molecule has 1 aromatic heterocycles. The number of pyridine rings is 1. The number of aromatic amines is 1. The minimum Gasteiger partial charge on any atom is -0.506 e. The molecule has 3 N–H and O–H groups in total. The average molecular weight is 298 g/mol. The Balaban J connectivity index is 1.96. The number of rotatable bonds is 2. The van der Waals surface area contributed by atoms with Crippen LogP contribution in [0.5, 0.6) is 5.75 Å². The number of carbonyl (C=O) groups excluding carboxylic acids is 2. The van der Waals surface area contributed by atoms with Crippen LogP contribution < -0.4 is 10.9 Å². The van der Waals surface area contributed by atoms with Crippen LogP contribution in [0.15, 0.2) is 35.1 Å². The van der Waals surface area contributed by atoms with Crippen LogP contribution in [-0.2, 0) is 6.42 Å². The van der Waals surface area contributed by atoms with Crippen LogP contribution in [0.1, 0.15) is 39.3 Å². The standard InChI is InChI=1S/C16H14N2O4/c19-13-7-3-5-11-9(13)8-10(15(21)17-11)16(22)18-12-4-1-2-6-14(12)20/h1-2,4,6,8,20H,3,5,7H2,(H,17,21)(H,18,22). The summed E-state index contributed by atoms with van der Waals surface area (Å²) in [4.78, 5) is 38.7. The van der Waals surface area contributed by atoms with Crippen LogP contribution in [0.4, 0.5) is 5.69 Å². The van der Waals surface area contributed by atoms with Gasteiger partial charge in [0, 0.05) is 17.7 Å². The summed E-state index contributed by atoms with van der Waals surface area (Å²) in [5, 5.41) is 12.1. The van der Waals surface area contributed by atoms with Crippen molar-refractivity contribution in [2.45, 2.75) is 19.3 Å². The van der Waals surface area contributed by atoms with Crippen LogP contribution in [0.25, 0.3) is 0 Å². The molecule has 112 valence electrons. The second-order valence-electron chi connectivity index (χ2n) is 5.15. The summed E-state index contributed by atoms with van der Waals surface area (Å²) >= 11 is 0. The number of para-hydroxylation sites is 2. The molecule has 0 spiro atoms. The van der Waals surface area contributed by atoms with Gasteiger partial charge in [0.2, 0.25) is 0 Å². The molecule has 6 heteroatoms. The zero-order chi connectivity index (χ0) is 15.7. The number of hydrogen-bond acceptors (Lipinski definition) is 4. The topological polar surface area (TPSA) is 99.3 Å². The van der Waals surface area contributed by atoms with E-state index in [0.29, 0.717) is 30.5 Å². The van der Waals surface area contributed by atoms with E-state index < -0.39 is 11.5 Å². The average Bonchev–Trinajstić information content (AvgIpc) is 2.49. The summed E-state index contributed by atoms with van der Waals surface area (Å²) in [6, 6.07) is 7.55. The van der Waals surface area contributed by atoms with E-state index in [1.165, 1.54) is 18.2 Å². The predicted molar refractivity (Wildman–Crippen MR) is 80.4 cm³/mol. The Kier molecular flexibility index (Phi) is 3.50. The van der Waals surface area contributed by atoms with E-state index in [9.17, 15) is 19.5 Å². The largest absolute Gasteiger partial charge is 0.506 e. The molecule has 0 aliphatic heterocycles. The summed E-state index contributed by atoms with van der Waals surface area (Å²) < 4.78 is 0. The number of phenols is 1. The molecule has 3 rings (SSSR count). The van der Waals surface area contributed by atoms with E-state index in [0.717, 1.165) is 0 Å². The molecule has 1 heterocycles. The molecule has 1 aliphatic rings. The third-order valence-electron chi connectivity index (χ3n) is 3.65. The van der Waals surface area contributed by atoms with Gasteiger partial charge in [0.05, 0.1) is 5.69 Å². The molecule has 2 aromatic rings. The van der Waals surface area contributed by atoms with Crippen LogP contribution in [0.3, 0.4) is 0 Å². The van der Waals surface area contributed by atoms with Crippen molar-refractivity contribution in [3.05, 3.63) is 57.5 Å². The Morgan fingerprint density at radius 1 is 1.18 bits per heavy atom. The highest BCUT2D eigenvalue weighted by Crippen LogP contribution is 2.23. The van der Waals surface area contributed by atoms with Crippen molar-refractivity contribution < 1.29 is 14.7 Å². The van der Waals surface area contributed by atoms with E-state index >= 15 is 0 Å². The minimum atomic E-state index is -0.663. The quantitative estimate of drug-likeness (QED) is 0.737. The maximum atomic E-state index is 12.2. The molecule has 1 aliphatic carbocycles. The highest BCUT2D eigenvalue weighted by molar-refractivity contribution is 6.07. The van der Waals surface area contributed by atoms with Crippen LogP contribution >= 0.6 is 0 Å². The van der Waals surface area contributed by atoms with Crippen molar-refractivity contribution in [1.29, 1.82) is 0 Å². The zero-order valence-electron chi connectivity index (χ0n) is 11.7. The molecule has 0 unspecified atom stereocenters. The first-order chi connectivity index (χ1) is 10.6.